The van der Waals surface area contributed by atoms with Gasteiger partial charge in [0.2, 0.25) is 0 Å². The molecule has 0 saturated carbocycles. The fraction of sp³-hybridized carbons (Fsp3) is 0.333. The van der Waals surface area contributed by atoms with Gasteiger partial charge in [0, 0.05) is 0 Å². The third-order valence-corrected chi connectivity index (χ3v) is 4.06. The van der Waals surface area contributed by atoms with Gasteiger partial charge >= 0.3 is 5.97 Å². The summed E-state index contributed by atoms with van der Waals surface area (Å²) in [5.41, 5.74) is 0. The van der Waals surface area contributed by atoms with Gasteiger partial charge in [-0.15, -0.1) is 0 Å². The fourth-order valence-electron chi connectivity index (χ4n) is 2.10. The van der Waals surface area contributed by atoms with Crippen molar-refractivity contribution in [2.24, 2.45) is 0 Å². The molecule has 2 rings (SSSR count). The van der Waals surface area contributed by atoms with Crippen LogP contribution < -0.4 is 10.1 Å². The molecule has 0 saturated heterocycles. The van der Waals surface area contributed by atoms with Crippen molar-refractivity contribution in [1.82, 2.24) is 5.32 Å². The lowest BCUT2D eigenvalue weighted by molar-refractivity contribution is -0.142. The second-order valence-electron chi connectivity index (χ2n) is 5.20. The van der Waals surface area contributed by atoms with Crippen LogP contribution in [0.2, 0.25) is 0 Å². The third kappa shape index (κ3) is 5.86. The molecule has 1 aromatic heterocycles. The van der Waals surface area contributed by atoms with Gasteiger partial charge in [0.25, 0.3) is 5.91 Å². The summed E-state index contributed by atoms with van der Waals surface area (Å²) in [6.07, 6.45) is 2.42. The standard InChI is InChI=1S/C18H21NO5S/c1-22-18(21)15(10-11-25-2)19-17(20)16-9-8-14(24-16)12-23-13-6-4-3-5-7-13/h3-9,15H,10-12H2,1-2H3,(H,19,20). The highest BCUT2D eigenvalue weighted by atomic mass is 32.2. The minimum absolute atomic E-state index is 0.129. The van der Waals surface area contributed by atoms with Gasteiger partial charge in [0.1, 0.15) is 24.2 Å². The highest BCUT2D eigenvalue weighted by molar-refractivity contribution is 7.98. The molecule has 0 bridgehead atoms. The molecule has 134 valence electrons. The van der Waals surface area contributed by atoms with E-state index in [1.165, 1.54) is 7.11 Å². The first kappa shape index (κ1) is 18.9. The molecule has 0 aliphatic carbocycles. The molecule has 2 aromatic rings. The van der Waals surface area contributed by atoms with Crippen LogP contribution in [0, 0.1) is 0 Å². The van der Waals surface area contributed by atoms with E-state index < -0.39 is 17.9 Å². The molecule has 0 fully saturated rings. The number of furan rings is 1. The minimum Gasteiger partial charge on any atom is -0.486 e. The Balaban J connectivity index is 1.93. The van der Waals surface area contributed by atoms with Gasteiger partial charge in [0.05, 0.1) is 7.11 Å². The lowest BCUT2D eigenvalue weighted by atomic mass is 10.2. The smallest absolute Gasteiger partial charge is 0.328 e. The molecular weight excluding hydrogens is 342 g/mol. The summed E-state index contributed by atoms with van der Waals surface area (Å²) in [6.45, 7) is 0.212. The Morgan fingerprint density at radius 1 is 1.20 bits per heavy atom. The van der Waals surface area contributed by atoms with Crippen LogP contribution in [0.4, 0.5) is 0 Å². The Labute approximate surface area is 150 Å². The SMILES string of the molecule is COC(=O)C(CCSC)NC(=O)c1ccc(COc2ccccc2)o1. The molecule has 1 unspecified atom stereocenters. The van der Waals surface area contributed by atoms with Crippen LogP contribution in [0.1, 0.15) is 22.7 Å². The zero-order valence-electron chi connectivity index (χ0n) is 14.2. The first-order valence-electron chi connectivity index (χ1n) is 7.78. The Morgan fingerprint density at radius 2 is 1.96 bits per heavy atom. The monoisotopic (exact) mass is 363 g/mol. The summed E-state index contributed by atoms with van der Waals surface area (Å²) in [6, 6.07) is 11.9. The molecule has 1 heterocycles. The Bertz CT molecular complexity index is 686. The number of carbonyl (C=O) groups excluding carboxylic acids is 2. The lowest BCUT2D eigenvalue weighted by Gasteiger charge is -2.15. The molecule has 0 aliphatic heterocycles. The molecule has 7 heteroatoms. The number of methoxy groups -OCH3 is 1. The molecule has 0 aliphatic rings. The second kappa shape index (κ2) is 9.78. The number of esters is 1. The van der Waals surface area contributed by atoms with Gasteiger partial charge in [0.15, 0.2) is 5.76 Å². The van der Waals surface area contributed by atoms with Crippen LogP contribution in [0.25, 0.3) is 0 Å². The Morgan fingerprint density at radius 3 is 2.64 bits per heavy atom. The van der Waals surface area contributed by atoms with Gasteiger partial charge in [-0.1, -0.05) is 18.2 Å². The van der Waals surface area contributed by atoms with Gasteiger partial charge < -0.3 is 19.2 Å². The molecule has 1 N–H and O–H groups in total. The number of thioether (sulfide) groups is 1. The molecule has 1 amide bonds. The van der Waals surface area contributed by atoms with Crippen molar-refractivity contribution in [2.45, 2.75) is 19.1 Å². The van der Waals surface area contributed by atoms with Crippen molar-refractivity contribution in [3.05, 3.63) is 54.0 Å². The highest BCUT2D eigenvalue weighted by Crippen LogP contribution is 2.14. The van der Waals surface area contributed by atoms with Crippen molar-refractivity contribution in [1.29, 1.82) is 0 Å². The number of benzene rings is 1. The van der Waals surface area contributed by atoms with Crippen LogP contribution in [0.15, 0.2) is 46.9 Å². The van der Waals surface area contributed by atoms with Gasteiger partial charge in [-0.05, 0) is 42.7 Å². The van der Waals surface area contributed by atoms with Crippen LogP contribution in [-0.2, 0) is 16.1 Å². The molecule has 1 aromatic carbocycles. The summed E-state index contributed by atoms with van der Waals surface area (Å²) in [5.74, 6) is 1.17. The van der Waals surface area contributed by atoms with E-state index in [-0.39, 0.29) is 12.4 Å². The Hall–Kier alpha value is -2.41. The summed E-state index contributed by atoms with van der Waals surface area (Å²) < 4.78 is 15.8. The largest absolute Gasteiger partial charge is 0.486 e. The molecule has 25 heavy (non-hydrogen) atoms. The molecule has 1 atom stereocenters. The van der Waals surface area contributed by atoms with E-state index in [9.17, 15) is 9.59 Å². The van der Waals surface area contributed by atoms with Crippen LogP contribution in [0.3, 0.4) is 0 Å². The van der Waals surface area contributed by atoms with Crippen LogP contribution in [0.5, 0.6) is 5.75 Å². The van der Waals surface area contributed by atoms with E-state index in [0.29, 0.717) is 17.9 Å². The van der Waals surface area contributed by atoms with Crippen molar-refractivity contribution in [3.8, 4) is 5.75 Å². The zero-order valence-corrected chi connectivity index (χ0v) is 15.0. The number of carbonyl (C=O) groups is 2. The maximum absolute atomic E-state index is 12.3. The lowest BCUT2D eigenvalue weighted by Crippen LogP contribution is -2.41. The summed E-state index contributed by atoms with van der Waals surface area (Å²) in [7, 11) is 1.30. The Kier molecular flexibility index (Phi) is 7.40. The van der Waals surface area contributed by atoms with Crippen molar-refractivity contribution < 1.29 is 23.5 Å². The number of hydrogen-bond acceptors (Lipinski definition) is 6. The number of para-hydroxylation sites is 1. The maximum atomic E-state index is 12.3. The predicted molar refractivity (Wildman–Crippen MR) is 95.8 cm³/mol. The number of ether oxygens (including phenoxy) is 2. The summed E-state index contributed by atoms with van der Waals surface area (Å²) >= 11 is 1.59. The number of hydrogen-bond donors (Lipinski definition) is 1. The van der Waals surface area contributed by atoms with Gasteiger partial charge in [-0.25, -0.2) is 4.79 Å². The zero-order chi connectivity index (χ0) is 18.1. The van der Waals surface area contributed by atoms with Crippen molar-refractivity contribution in [3.63, 3.8) is 0 Å². The van der Waals surface area contributed by atoms with E-state index in [4.69, 9.17) is 13.9 Å². The van der Waals surface area contributed by atoms with Crippen molar-refractivity contribution >= 4 is 23.6 Å². The third-order valence-electron chi connectivity index (χ3n) is 3.41. The molecule has 6 nitrogen and oxygen atoms in total. The van der Waals surface area contributed by atoms with Gasteiger partial charge in [-0.2, -0.15) is 11.8 Å². The number of nitrogens with one attached hydrogen (secondary N) is 1. The number of rotatable bonds is 9. The number of amides is 1. The topological polar surface area (TPSA) is 77.8 Å². The van der Waals surface area contributed by atoms with Gasteiger partial charge in [-0.3, -0.25) is 4.79 Å². The minimum atomic E-state index is -0.695. The molecule has 0 spiro atoms. The molecule has 0 radical (unpaired) electrons. The normalized spacial score (nSPS) is 11.6. The average Bonchev–Trinajstić information content (AvgIpc) is 3.12. The van der Waals surface area contributed by atoms with Crippen LogP contribution >= 0.6 is 11.8 Å². The highest BCUT2D eigenvalue weighted by Gasteiger charge is 2.23. The van der Waals surface area contributed by atoms with E-state index in [1.54, 1.807) is 23.9 Å². The van der Waals surface area contributed by atoms with Crippen LogP contribution in [-0.4, -0.2) is 37.0 Å². The first-order valence-corrected chi connectivity index (χ1v) is 9.17. The quantitative estimate of drug-likeness (QED) is 0.690. The summed E-state index contributed by atoms with van der Waals surface area (Å²) in [5, 5.41) is 2.64. The fourth-order valence-corrected chi connectivity index (χ4v) is 2.58. The average molecular weight is 363 g/mol. The van der Waals surface area contributed by atoms with Crippen molar-refractivity contribution in [2.75, 3.05) is 19.1 Å². The predicted octanol–water partition coefficient (Wildman–Crippen LogP) is 2.88. The first-order chi connectivity index (χ1) is 12.1. The summed E-state index contributed by atoms with van der Waals surface area (Å²) in [4.78, 5) is 24.0. The van der Waals surface area contributed by atoms with E-state index in [2.05, 4.69) is 5.32 Å². The van der Waals surface area contributed by atoms with E-state index in [0.717, 1.165) is 5.75 Å². The second-order valence-corrected chi connectivity index (χ2v) is 6.18. The maximum Gasteiger partial charge on any atom is 0.328 e. The van der Waals surface area contributed by atoms with E-state index >= 15 is 0 Å². The molecular formula is C18H21NO5S. The van der Waals surface area contributed by atoms with E-state index in [1.807, 2.05) is 36.6 Å².